The zero-order valence-electron chi connectivity index (χ0n) is 17.6. The average Bonchev–Trinajstić information content (AvgIpc) is 3.52. The molecule has 166 valence electrons. The molecule has 0 saturated carbocycles. The fraction of sp³-hybridized carbons (Fsp3) is 0.476. The summed E-state index contributed by atoms with van der Waals surface area (Å²) in [5, 5.41) is 4.26. The summed E-state index contributed by atoms with van der Waals surface area (Å²) in [6, 6.07) is 1.83. The van der Waals surface area contributed by atoms with Gasteiger partial charge in [0.15, 0.2) is 11.5 Å². The average molecular weight is 452 g/mol. The lowest BCUT2D eigenvalue weighted by Gasteiger charge is -2.42. The van der Waals surface area contributed by atoms with E-state index in [2.05, 4.69) is 25.0 Å². The third kappa shape index (κ3) is 2.91. The van der Waals surface area contributed by atoms with Crippen LogP contribution in [0.5, 0.6) is 0 Å². The molecule has 1 amide bonds. The first-order chi connectivity index (χ1) is 15.6. The van der Waals surface area contributed by atoms with Crippen LogP contribution in [-0.2, 0) is 13.0 Å². The van der Waals surface area contributed by atoms with Gasteiger partial charge in [-0.3, -0.25) is 9.69 Å². The van der Waals surface area contributed by atoms with E-state index in [4.69, 9.17) is 11.5 Å². The van der Waals surface area contributed by atoms with Gasteiger partial charge < -0.3 is 16.4 Å². The Labute approximate surface area is 189 Å². The van der Waals surface area contributed by atoms with Crippen molar-refractivity contribution in [1.82, 2.24) is 24.7 Å². The minimum atomic E-state index is -0.240. The van der Waals surface area contributed by atoms with E-state index in [-0.39, 0.29) is 28.9 Å². The maximum atomic E-state index is 13.1. The van der Waals surface area contributed by atoms with Gasteiger partial charge in [-0.25, -0.2) is 19.6 Å². The first-order valence-electron chi connectivity index (χ1n) is 10.9. The van der Waals surface area contributed by atoms with Crippen molar-refractivity contribution in [3.8, 4) is 0 Å². The Bertz CT molecular complexity index is 1180. The third-order valence-corrected chi connectivity index (χ3v) is 8.03. The molecule has 0 radical (unpaired) electrons. The minimum absolute atomic E-state index is 0.0000289. The van der Waals surface area contributed by atoms with Crippen molar-refractivity contribution in [2.45, 2.75) is 38.3 Å². The van der Waals surface area contributed by atoms with Gasteiger partial charge in [0.05, 0.1) is 29.6 Å². The Morgan fingerprint density at radius 1 is 1.19 bits per heavy atom. The van der Waals surface area contributed by atoms with Gasteiger partial charge >= 0.3 is 0 Å². The van der Waals surface area contributed by atoms with Crippen molar-refractivity contribution < 1.29 is 4.79 Å². The van der Waals surface area contributed by atoms with Crippen molar-refractivity contribution in [2.24, 2.45) is 11.1 Å². The normalized spacial score (nSPS) is 21.6. The molecule has 1 saturated heterocycles. The standard InChI is InChI=1S/C21H25N9OS/c22-18-16-13(32-12-25-16)10-21(18)3-8-28(9-4-21)14-11-24-17(19(23)27-14)20(31)29-6-1-7-30-15(29)2-5-26-30/h2,5,11-12,18H,1,3-4,6-10,22H2,(H2,23,27). The maximum Gasteiger partial charge on any atom is 0.281 e. The van der Waals surface area contributed by atoms with E-state index in [1.165, 1.54) is 4.88 Å². The Balaban J connectivity index is 1.18. The fourth-order valence-corrected chi connectivity index (χ4v) is 6.28. The molecule has 10 nitrogen and oxygen atoms in total. The minimum Gasteiger partial charge on any atom is -0.382 e. The number of carbonyl (C=O) groups is 1. The van der Waals surface area contributed by atoms with E-state index in [9.17, 15) is 4.79 Å². The first kappa shape index (κ1) is 19.6. The van der Waals surface area contributed by atoms with Crippen LogP contribution in [0.15, 0.2) is 24.0 Å². The second-order valence-electron chi connectivity index (χ2n) is 8.85. The summed E-state index contributed by atoms with van der Waals surface area (Å²) < 4.78 is 1.82. The highest BCUT2D eigenvalue weighted by Gasteiger charge is 2.47. The molecule has 1 unspecified atom stereocenters. The van der Waals surface area contributed by atoms with E-state index in [1.807, 2.05) is 16.3 Å². The molecule has 0 bridgehead atoms. The van der Waals surface area contributed by atoms with Crippen LogP contribution in [0.3, 0.4) is 0 Å². The molecule has 6 rings (SSSR count). The maximum absolute atomic E-state index is 13.1. The van der Waals surface area contributed by atoms with Gasteiger partial charge in [0.25, 0.3) is 5.91 Å². The number of thiazole rings is 1. The summed E-state index contributed by atoms with van der Waals surface area (Å²) in [6.07, 6.45) is 7.15. The van der Waals surface area contributed by atoms with Gasteiger partial charge in [0.1, 0.15) is 11.6 Å². The van der Waals surface area contributed by atoms with Crippen LogP contribution < -0.4 is 21.3 Å². The number of nitrogen functional groups attached to an aromatic ring is 1. The molecular formula is C21H25N9OS. The van der Waals surface area contributed by atoms with Gasteiger partial charge in [-0.15, -0.1) is 11.3 Å². The number of nitrogens with zero attached hydrogens (tertiary/aromatic N) is 7. The second-order valence-corrected chi connectivity index (χ2v) is 9.79. The predicted octanol–water partition coefficient (Wildman–Crippen LogP) is 1.60. The lowest BCUT2D eigenvalue weighted by Crippen LogP contribution is -2.45. The molecule has 1 fully saturated rings. The highest BCUT2D eigenvalue weighted by Crippen LogP contribution is 2.51. The molecule has 5 heterocycles. The quantitative estimate of drug-likeness (QED) is 0.600. The van der Waals surface area contributed by atoms with Gasteiger partial charge in [-0.2, -0.15) is 5.10 Å². The van der Waals surface area contributed by atoms with Crippen LogP contribution in [0, 0.1) is 5.41 Å². The first-order valence-corrected chi connectivity index (χ1v) is 11.8. The van der Waals surface area contributed by atoms with Gasteiger partial charge in [0.2, 0.25) is 0 Å². The molecule has 3 aliphatic rings. The number of rotatable bonds is 2. The number of hydrogen-bond acceptors (Lipinski definition) is 9. The molecule has 1 atom stereocenters. The van der Waals surface area contributed by atoms with Crippen molar-refractivity contribution in [1.29, 1.82) is 0 Å². The number of hydrogen-bond donors (Lipinski definition) is 2. The number of fused-ring (bicyclic) bond motifs is 2. The summed E-state index contributed by atoms with van der Waals surface area (Å²) in [5.74, 6) is 1.39. The van der Waals surface area contributed by atoms with E-state index in [0.717, 1.165) is 56.8 Å². The molecule has 1 aliphatic carbocycles. The van der Waals surface area contributed by atoms with Crippen LogP contribution in [0.4, 0.5) is 17.5 Å². The molecule has 2 aliphatic heterocycles. The summed E-state index contributed by atoms with van der Waals surface area (Å²) in [6.45, 7) is 3.07. The molecule has 1 spiro atoms. The summed E-state index contributed by atoms with van der Waals surface area (Å²) >= 11 is 1.71. The molecule has 4 N–H and O–H groups in total. The summed E-state index contributed by atoms with van der Waals surface area (Å²) in [7, 11) is 0. The van der Waals surface area contributed by atoms with E-state index < -0.39 is 0 Å². The third-order valence-electron chi connectivity index (χ3n) is 7.18. The van der Waals surface area contributed by atoms with Crippen LogP contribution in [0.2, 0.25) is 0 Å². The van der Waals surface area contributed by atoms with Gasteiger partial charge in [-0.05, 0) is 31.1 Å². The lowest BCUT2D eigenvalue weighted by molar-refractivity contribution is 0.0977. The van der Waals surface area contributed by atoms with Crippen LogP contribution in [0.25, 0.3) is 0 Å². The van der Waals surface area contributed by atoms with E-state index in [0.29, 0.717) is 12.4 Å². The Hall–Kier alpha value is -3.05. The van der Waals surface area contributed by atoms with Crippen molar-refractivity contribution in [3.63, 3.8) is 0 Å². The molecule has 32 heavy (non-hydrogen) atoms. The van der Waals surface area contributed by atoms with Gasteiger partial charge in [-0.1, -0.05) is 0 Å². The van der Waals surface area contributed by atoms with Crippen molar-refractivity contribution >= 4 is 34.7 Å². The SMILES string of the molecule is Nc1nc(N2CCC3(CC2)Cc2scnc2C3N)cnc1C(=O)N1CCCn2nccc21. The highest BCUT2D eigenvalue weighted by molar-refractivity contribution is 7.09. The van der Waals surface area contributed by atoms with Crippen molar-refractivity contribution in [2.75, 3.05) is 35.2 Å². The van der Waals surface area contributed by atoms with Crippen molar-refractivity contribution in [3.05, 3.63) is 40.2 Å². The summed E-state index contributed by atoms with van der Waals surface area (Å²) in [5.41, 5.74) is 16.0. The fourth-order valence-electron chi connectivity index (χ4n) is 5.32. The lowest BCUT2D eigenvalue weighted by atomic mass is 9.73. The van der Waals surface area contributed by atoms with E-state index >= 15 is 0 Å². The topological polar surface area (TPSA) is 132 Å². The zero-order valence-corrected chi connectivity index (χ0v) is 18.5. The number of aryl methyl sites for hydroxylation is 1. The highest BCUT2D eigenvalue weighted by atomic mass is 32.1. The molecular weight excluding hydrogens is 426 g/mol. The van der Waals surface area contributed by atoms with E-state index in [1.54, 1.807) is 28.6 Å². The number of carbonyl (C=O) groups excluding carboxylic acids is 1. The predicted molar refractivity (Wildman–Crippen MR) is 122 cm³/mol. The largest absolute Gasteiger partial charge is 0.382 e. The molecule has 3 aromatic rings. The van der Waals surface area contributed by atoms with Crippen LogP contribution >= 0.6 is 11.3 Å². The Morgan fingerprint density at radius 2 is 2.03 bits per heavy atom. The number of amides is 1. The number of piperidine rings is 1. The second kappa shape index (κ2) is 7.24. The smallest absolute Gasteiger partial charge is 0.281 e. The van der Waals surface area contributed by atoms with Gasteiger partial charge in [0, 0.05) is 37.1 Å². The number of anilines is 3. The molecule has 0 aromatic carbocycles. The van der Waals surface area contributed by atoms with Crippen LogP contribution in [-0.4, -0.2) is 50.3 Å². The zero-order chi connectivity index (χ0) is 21.9. The molecule has 3 aromatic heterocycles. The monoisotopic (exact) mass is 451 g/mol. The summed E-state index contributed by atoms with van der Waals surface area (Å²) in [4.78, 5) is 31.8. The number of aromatic nitrogens is 5. The number of nitrogens with two attached hydrogens (primary N) is 2. The Morgan fingerprint density at radius 3 is 2.81 bits per heavy atom. The Kier molecular flexibility index (Phi) is 4.44. The van der Waals surface area contributed by atoms with Crippen LogP contribution in [0.1, 0.15) is 46.4 Å². The molecule has 11 heteroatoms.